The molecule has 1 rings (SSSR count). The largest absolute Gasteiger partial charge is 0.494 e. The van der Waals surface area contributed by atoms with Gasteiger partial charge in [0.1, 0.15) is 5.75 Å². The Kier molecular flexibility index (Phi) is 6.57. The molecule has 1 nitrogen and oxygen atoms in total. The Hall–Kier alpha value is -0.0200. The van der Waals surface area contributed by atoms with Crippen LogP contribution >= 0.6 is 31.9 Å². The number of benzene rings is 1. The highest BCUT2D eigenvalue weighted by Crippen LogP contribution is 2.39. The van der Waals surface area contributed by atoms with Gasteiger partial charge in [0, 0.05) is 9.30 Å². The van der Waals surface area contributed by atoms with Crippen molar-refractivity contribution in [1.82, 2.24) is 0 Å². The third kappa shape index (κ3) is 3.99. The van der Waals surface area contributed by atoms with Gasteiger partial charge in [0.2, 0.25) is 0 Å². The second kappa shape index (κ2) is 7.42. The quantitative estimate of drug-likeness (QED) is 0.587. The molecule has 0 aromatic heterocycles. The second-order valence-electron chi connectivity index (χ2n) is 4.09. The fraction of sp³-hybridized carbons (Fsp3) is 0.571. The summed E-state index contributed by atoms with van der Waals surface area (Å²) >= 11 is 7.45. The molecule has 1 atom stereocenters. The first-order chi connectivity index (χ1) is 8.13. The van der Waals surface area contributed by atoms with Crippen molar-refractivity contribution in [3.8, 4) is 5.75 Å². The number of rotatable bonds is 6. The molecule has 0 aliphatic rings. The molecule has 0 aliphatic heterocycles. The van der Waals surface area contributed by atoms with Crippen molar-refractivity contribution in [2.75, 3.05) is 6.61 Å². The number of ether oxygens (including phenoxy) is 1. The van der Waals surface area contributed by atoms with Crippen molar-refractivity contribution in [2.24, 2.45) is 5.92 Å². The molecule has 1 unspecified atom stereocenters. The van der Waals surface area contributed by atoms with Gasteiger partial charge in [0.05, 0.1) is 6.61 Å². The molecule has 0 saturated heterocycles. The predicted octanol–water partition coefficient (Wildman–Crippen LogP) is 5.72. The molecule has 1 aromatic carbocycles. The van der Waals surface area contributed by atoms with Gasteiger partial charge < -0.3 is 4.74 Å². The van der Waals surface area contributed by atoms with Crippen LogP contribution in [0.25, 0.3) is 0 Å². The Balaban J connectivity index is 2.90. The van der Waals surface area contributed by atoms with E-state index in [0.29, 0.717) is 17.4 Å². The van der Waals surface area contributed by atoms with E-state index in [1.807, 2.05) is 13.0 Å². The van der Waals surface area contributed by atoms with Crippen LogP contribution in [0.4, 0.5) is 0 Å². The van der Waals surface area contributed by atoms with Gasteiger partial charge in [0.25, 0.3) is 0 Å². The van der Waals surface area contributed by atoms with Crippen LogP contribution in [0.3, 0.4) is 0 Å². The van der Waals surface area contributed by atoms with Gasteiger partial charge in [-0.2, -0.15) is 0 Å². The molecule has 1 aromatic rings. The Labute approximate surface area is 121 Å². The molecule has 0 saturated carbocycles. The maximum atomic E-state index is 5.49. The fourth-order valence-electron chi connectivity index (χ4n) is 1.94. The van der Waals surface area contributed by atoms with Gasteiger partial charge in [-0.3, -0.25) is 0 Å². The maximum absolute atomic E-state index is 5.49. The molecule has 0 radical (unpaired) electrons. The molecule has 0 aliphatic carbocycles. The third-order valence-corrected chi connectivity index (χ3v) is 4.97. The van der Waals surface area contributed by atoms with Crippen LogP contribution in [0.1, 0.15) is 44.0 Å². The van der Waals surface area contributed by atoms with Crippen LogP contribution in [-0.2, 0) is 0 Å². The SMILES string of the molecule is CCOc1ccc(C(Br)C(CC)CC)c(Br)c1. The van der Waals surface area contributed by atoms with E-state index in [4.69, 9.17) is 4.74 Å². The zero-order valence-corrected chi connectivity index (χ0v) is 13.8. The fourth-order valence-corrected chi connectivity index (χ4v) is 4.00. The Bertz CT molecular complexity index is 348. The van der Waals surface area contributed by atoms with E-state index < -0.39 is 0 Å². The summed E-state index contributed by atoms with van der Waals surface area (Å²) in [6.45, 7) is 7.19. The molecule has 0 fully saturated rings. The van der Waals surface area contributed by atoms with Gasteiger partial charge in [-0.15, -0.1) is 0 Å². The molecule has 0 bridgehead atoms. The Morgan fingerprint density at radius 3 is 2.29 bits per heavy atom. The van der Waals surface area contributed by atoms with Gasteiger partial charge in [-0.05, 0) is 30.5 Å². The topological polar surface area (TPSA) is 9.23 Å². The van der Waals surface area contributed by atoms with E-state index >= 15 is 0 Å². The first-order valence-electron chi connectivity index (χ1n) is 6.20. The minimum absolute atomic E-state index is 0.405. The van der Waals surface area contributed by atoms with Crippen LogP contribution in [0.2, 0.25) is 0 Å². The van der Waals surface area contributed by atoms with Crippen LogP contribution in [-0.4, -0.2) is 6.61 Å². The van der Waals surface area contributed by atoms with Crippen molar-refractivity contribution in [3.63, 3.8) is 0 Å². The van der Waals surface area contributed by atoms with Gasteiger partial charge in [-0.1, -0.05) is 64.6 Å². The van der Waals surface area contributed by atoms with Crippen LogP contribution < -0.4 is 4.74 Å². The minimum Gasteiger partial charge on any atom is -0.494 e. The molecule has 0 N–H and O–H groups in total. The van der Waals surface area contributed by atoms with Crippen LogP contribution in [0.15, 0.2) is 22.7 Å². The number of hydrogen-bond donors (Lipinski definition) is 0. The predicted molar refractivity (Wildman–Crippen MR) is 81.1 cm³/mol. The maximum Gasteiger partial charge on any atom is 0.120 e. The normalized spacial score (nSPS) is 12.8. The summed E-state index contributed by atoms with van der Waals surface area (Å²) in [7, 11) is 0. The molecule has 0 amide bonds. The van der Waals surface area contributed by atoms with Gasteiger partial charge in [0.15, 0.2) is 0 Å². The summed E-state index contributed by atoms with van der Waals surface area (Å²) in [5.74, 6) is 1.59. The van der Waals surface area contributed by atoms with Crippen molar-refractivity contribution in [1.29, 1.82) is 0 Å². The zero-order valence-electron chi connectivity index (χ0n) is 10.7. The highest BCUT2D eigenvalue weighted by molar-refractivity contribution is 9.11. The van der Waals surface area contributed by atoms with E-state index in [0.717, 1.165) is 10.2 Å². The Morgan fingerprint density at radius 1 is 1.18 bits per heavy atom. The minimum atomic E-state index is 0.405. The molecule has 0 spiro atoms. The van der Waals surface area contributed by atoms with Gasteiger partial charge in [-0.25, -0.2) is 0 Å². The monoisotopic (exact) mass is 362 g/mol. The summed E-state index contributed by atoms with van der Waals surface area (Å²) in [5.41, 5.74) is 1.31. The number of halogens is 2. The molecule has 96 valence electrons. The summed E-state index contributed by atoms with van der Waals surface area (Å²) in [6, 6.07) is 6.24. The highest BCUT2D eigenvalue weighted by Gasteiger charge is 2.19. The summed E-state index contributed by atoms with van der Waals surface area (Å²) in [5, 5.41) is 0. The second-order valence-corrected chi connectivity index (χ2v) is 5.94. The molecule has 17 heavy (non-hydrogen) atoms. The van der Waals surface area contributed by atoms with Crippen molar-refractivity contribution < 1.29 is 4.74 Å². The lowest BCUT2D eigenvalue weighted by Crippen LogP contribution is -2.06. The Morgan fingerprint density at radius 2 is 1.82 bits per heavy atom. The van der Waals surface area contributed by atoms with Crippen molar-refractivity contribution in [2.45, 2.75) is 38.4 Å². The van der Waals surface area contributed by atoms with Gasteiger partial charge >= 0.3 is 0 Å². The lowest BCUT2D eigenvalue weighted by atomic mass is 9.94. The van der Waals surface area contributed by atoms with E-state index in [1.165, 1.54) is 18.4 Å². The lowest BCUT2D eigenvalue weighted by Gasteiger charge is -2.21. The first-order valence-corrected chi connectivity index (χ1v) is 7.91. The van der Waals surface area contributed by atoms with E-state index in [9.17, 15) is 0 Å². The van der Waals surface area contributed by atoms with Crippen LogP contribution in [0.5, 0.6) is 5.75 Å². The van der Waals surface area contributed by atoms with Crippen molar-refractivity contribution in [3.05, 3.63) is 28.2 Å². The average molecular weight is 364 g/mol. The smallest absolute Gasteiger partial charge is 0.120 e. The lowest BCUT2D eigenvalue weighted by molar-refractivity contribution is 0.340. The molecule has 3 heteroatoms. The zero-order chi connectivity index (χ0) is 12.8. The van der Waals surface area contributed by atoms with E-state index in [-0.39, 0.29) is 0 Å². The highest BCUT2D eigenvalue weighted by atomic mass is 79.9. The standard InChI is InChI=1S/C14H20Br2O/c1-4-10(5-2)14(16)12-8-7-11(17-6-3)9-13(12)15/h7-10,14H,4-6H2,1-3H3. The molecular weight excluding hydrogens is 344 g/mol. The van der Waals surface area contributed by atoms with Crippen molar-refractivity contribution >= 4 is 31.9 Å². The van der Waals surface area contributed by atoms with Crippen LogP contribution in [0, 0.1) is 5.92 Å². The average Bonchev–Trinajstić information content (AvgIpc) is 2.31. The molecular formula is C14H20Br2O. The summed E-state index contributed by atoms with van der Waals surface area (Å²) in [6.07, 6.45) is 2.37. The third-order valence-electron chi connectivity index (χ3n) is 3.04. The number of alkyl halides is 1. The number of hydrogen-bond acceptors (Lipinski definition) is 1. The van der Waals surface area contributed by atoms with E-state index in [2.05, 4.69) is 57.8 Å². The molecule has 0 heterocycles. The summed E-state index contributed by atoms with van der Waals surface area (Å²) in [4.78, 5) is 0.405. The first kappa shape index (κ1) is 15.0. The summed E-state index contributed by atoms with van der Waals surface area (Å²) < 4.78 is 6.61. The van der Waals surface area contributed by atoms with E-state index in [1.54, 1.807) is 0 Å².